The van der Waals surface area contributed by atoms with Crippen molar-refractivity contribution in [1.82, 2.24) is 10.3 Å². The van der Waals surface area contributed by atoms with Crippen molar-refractivity contribution < 1.29 is 22.8 Å². The van der Waals surface area contributed by atoms with Gasteiger partial charge in [-0.25, -0.2) is 4.98 Å². The topological polar surface area (TPSA) is 71.1 Å². The van der Waals surface area contributed by atoms with Gasteiger partial charge in [-0.15, -0.1) is 11.3 Å². The summed E-state index contributed by atoms with van der Waals surface area (Å²) in [5, 5.41) is 5.69. The molecule has 1 aliphatic rings. The number of rotatable bonds is 4. The normalized spacial score (nSPS) is 17.2. The lowest BCUT2D eigenvalue weighted by Gasteiger charge is -2.10. The molecule has 1 aliphatic heterocycles. The lowest BCUT2D eigenvalue weighted by molar-refractivity contribution is -0.137. The maximum Gasteiger partial charge on any atom is 0.416 e. The Kier molecular flexibility index (Phi) is 5.19. The minimum absolute atomic E-state index is 0.163. The van der Waals surface area contributed by atoms with Crippen molar-refractivity contribution in [3.05, 3.63) is 45.4 Å². The molecule has 0 spiro atoms. The van der Waals surface area contributed by atoms with Crippen molar-refractivity contribution in [2.45, 2.75) is 31.5 Å². The van der Waals surface area contributed by atoms with Crippen LogP contribution in [0.3, 0.4) is 0 Å². The summed E-state index contributed by atoms with van der Waals surface area (Å²) in [6.45, 7) is 0. The number of nitrogens with one attached hydrogen (secondary N) is 2. The number of nitrogens with zero attached hydrogens (tertiary/aromatic N) is 1. The number of hydrogen-bond acceptors (Lipinski definition) is 4. The highest BCUT2D eigenvalue weighted by Gasteiger charge is 2.31. The van der Waals surface area contributed by atoms with Gasteiger partial charge < -0.3 is 10.6 Å². The third-order valence-corrected chi connectivity index (χ3v) is 5.11. The van der Waals surface area contributed by atoms with E-state index < -0.39 is 17.8 Å². The van der Waals surface area contributed by atoms with Crippen molar-refractivity contribution >= 4 is 39.9 Å². The van der Waals surface area contributed by atoms with Gasteiger partial charge >= 0.3 is 6.18 Å². The van der Waals surface area contributed by atoms with Crippen molar-refractivity contribution in [2.75, 3.05) is 5.32 Å². The van der Waals surface area contributed by atoms with Crippen LogP contribution in [0.2, 0.25) is 5.02 Å². The van der Waals surface area contributed by atoms with E-state index in [0.717, 1.165) is 23.5 Å². The number of hydrogen-bond donors (Lipinski definition) is 2. The molecule has 0 bridgehead atoms. The van der Waals surface area contributed by atoms with E-state index in [0.29, 0.717) is 28.4 Å². The summed E-state index contributed by atoms with van der Waals surface area (Å²) < 4.78 is 38.5. The molecule has 3 rings (SSSR count). The average Bonchev–Trinajstić information content (AvgIpc) is 3.17. The number of carbonyl (C=O) groups excluding carboxylic acids is 2. The average molecular weight is 404 g/mol. The Morgan fingerprint density at radius 2 is 2.19 bits per heavy atom. The molecular formula is C16H13ClF3N3O2S. The number of amides is 2. The molecule has 138 valence electrons. The van der Waals surface area contributed by atoms with Crippen molar-refractivity contribution in [3.8, 4) is 0 Å². The minimum atomic E-state index is -4.45. The summed E-state index contributed by atoms with van der Waals surface area (Å²) >= 11 is 7.14. The van der Waals surface area contributed by atoms with Gasteiger partial charge in [0.25, 0.3) is 0 Å². The summed E-state index contributed by atoms with van der Waals surface area (Å²) in [6, 6.07) is 2.56. The lowest BCUT2D eigenvalue weighted by atomic mass is 10.1. The summed E-state index contributed by atoms with van der Waals surface area (Å²) in [5.41, 5.74) is -0.446. The first-order valence-electron chi connectivity index (χ1n) is 7.63. The Hall–Kier alpha value is -2.13. The number of halogens is 4. The molecule has 2 heterocycles. The molecule has 26 heavy (non-hydrogen) atoms. The van der Waals surface area contributed by atoms with Gasteiger partial charge in [-0.2, -0.15) is 13.2 Å². The highest BCUT2D eigenvalue weighted by atomic mass is 35.5. The Labute approximate surface area is 155 Å². The van der Waals surface area contributed by atoms with Gasteiger partial charge in [0, 0.05) is 28.9 Å². The van der Waals surface area contributed by atoms with E-state index in [1.165, 1.54) is 12.3 Å². The van der Waals surface area contributed by atoms with Gasteiger partial charge in [0.1, 0.15) is 6.04 Å². The largest absolute Gasteiger partial charge is 0.416 e. The van der Waals surface area contributed by atoms with Gasteiger partial charge in [0.2, 0.25) is 11.8 Å². The fourth-order valence-corrected chi connectivity index (χ4v) is 3.55. The van der Waals surface area contributed by atoms with Crippen LogP contribution in [0.25, 0.3) is 0 Å². The number of benzene rings is 1. The van der Waals surface area contributed by atoms with E-state index in [2.05, 4.69) is 15.6 Å². The number of thiazole rings is 1. The molecule has 1 fully saturated rings. The SMILES string of the molecule is O=C1CC[C@@H](C(=O)Nc2ncc(Cc3cc(C(F)(F)F)ccc3Cl)s2)N1. The Balaban J connectivity index is 1.69. The molecule has 1 aromatic heterocycles. The van der Waals surface area contributed by atoms with E-state index in [9.17, 15) is 22.8 Å². The van der Waals surface area contributed by atoms with Gasteiger partial charge in [0.05, 0.1) is 5.56 Å². The van der Waals surface area contributed by atoms with E-state index in [-0.39, 0.29) is 23.3 Å². The van der Waals surface area contributed by atoms with Gasteiger partial charge in [-0.1, -0.05) is 11.6 Å². The molecular weight excluding hydrogens is 391 g/mol. The van der Waals surface area contributed by atoms with Gasteiger partial charge in [-0.05, 0) is 30.2 Å². The molecule has 0 saturated carbocycles. The maximum atomic E-state index is 12.8. The van der Waals surface area contributed by atoms with E-state index in [1.54, 1.807) is 0 Å². The zero-order valence-electron chi connectivity index (χ0n) is 13.2. The van der Waals surface area contributed by atoms with Crippen molar-refractivity contribution in [3.63, 3.8) is 0 Å². The smallest absolute Gasteiger partial charge is 0.344 e. The predicted octanol–water partition coefficient (Wildman–Crippen LogP) is 3.62. The van der Waals surface area contributed by atoms with Gasteiger partial charge in [0.15, 0.2) is 5.13 Å². The first-order valence-corrected chi connectivity index (χ1v) is 8.82. The highest BCUT2D eigenvalue weighted by Crippen LogP contribution is 2.33. The molecule has 10 heteroatoms. The van der Waals surface area contributed by atoms with Crippen LogP contribution in [-0.4, -0.2) is 22.8 Å². The molecule has 5 nitrogen and oxygen atoms in total. The van der Waals surface area contributed by atoms with Crippen molar-refractivity contribution in [2.24, 2.45) is 0 Å². The van der Waals surface area contributed by atoms with Gasteiger partial charge in [-0.3, -0.25) is 9.59 Å². The Morgan fingerprint density at radius 1 is 1.42 bits per heavy atom. The second-order valence-corrected chi connectivity index (χ2v) is 7.28. The number of anilines is 1. The van der Waals surface area contributed by atoms with Crippen LogP contribution in [0.1, 0.15) is 28.8 Å². The number of alkyl halides is 3. The molecule has 1 saturated heterocycles. The van der Waals surface area contributed by atoms with Crippen molar-refractivity contribution in [1.29, 1.82) is 0 Å². The standard InChI is InChI=1S/C16H13ClF3N3O2S/c17-11-2-1-9(16(18,19)20)5-8(11)6-10-7-21-15(26-10)23-14(25)12-3-4-13(24)22-12/h1-2,5,7,12H,3-4,6H2,(H,22,24)(H,21,23,25)/t12-/m0/s1. The maximum absolute atomic E-state index is 12.8. The summed E-state index contributed by atoms with van der Waals surface area (Å²) in [6.07, 6.45) is -2.09. The zero-order chi connectivity index (χ0) is 18.9. The van der Waals surface area contributed by atoms with Crippen LogP contribution in [0, 0.1) is 0 Å². The monoisotopic (exact) mass is 403 g/mol. The second kappa shape index (κ2) is 7.24. The van der Waals surface area contributed by atoms with E-state index in [1.807, 2.05) is 0 Å². The first kappa shape index (κ1) is 18.7. The Bertz CT molecular complexity index is 854. The van der Waals surface area contributed by atoms with Crippen LogP contribution in [0.15, 0.2) is 24.4 Å². The number of aromatic nitrogens is 1. The predicted molar refractivity (Wildman–Crippen MR) is 91.2 cm³/mol. The Morgan fingerprint density at radius 3 is 2.85 bits per heavy atom. The molecule has 0 aliphatic carbocycles. The van der Waals surface area contributed by atoms with E-state index in [4.69, 9.17) is 11.6 Å². The summed E-state index contributed by atoms with van der Waals surface area (Å²) in [4.78, 5) is 27.9. The summed E-state index contributed by atoms with van der Waals surface area (Å²) in [7, 11) is 0. The quantitative estimate of drug-likeness (QED) is 0.819. The molecule has 0 unspecified atom stereocenters. The first-order chi connectivity index (χ1) is 12.2. The van der Waals surface area contributed by atoms with Crippen LogP contribution in [0.4, 0.5) is 18.3 Å². The fourth-order valence-electron chi connectivity index (χ4n) is 2.52. The molecule has 1 aromatic carbocycles. The lowest BCUT2D eigenvalue weighted by Crippen LogP contribution is -2.37. The highest BCUT2D eigenvalue weighted by molar-refractivity contribution is 7.15. The molecule has 0 radical (unpaired) electrons. The van der Waals surface area contributed by atoms with Crippen LogP contribution >= 0.6 is 22.9 Å². The number of carbonyl (C=O) groups is 2. The molecule has 2 aromatic rings. The minimum Gasteiger partial charge on any atom is -0.344 e. The molecule has 1 atom stereocenters. The second-order valence-electron chi connectivity index (χ2n) is 5.76. The van der Waals surface area contributed by atoms with Crippen LogP contribution in [-0.2, 0) is 22.2 Å². The van der Waals surface area contributed by atoms with Crippen LogP contribution < -0.4 is 10.6 Å². The fraction of sp³-hybridized carbons (Fsp3) is 0.312. The molecule has 2 amide bonds. The third kappa shape index (κ3) is 4.34. The third-order valence-electron chi connectivity index (χ3n) is 3.83. The van der Waals surface area contributed by atoms with Crippen LogP contribution in [0.5, 0.6) is 0 Å². The zero-order valence-corrected chi connectivity index (χ0v) is 14.8. The van der Waals surface area contributed by atoms with E-state index >= 15 is 0 Å². The summed E-state index contributed by atoms with van der Waals surface area (Å²) in [5.74, 6) is -0.544. The molecule has 2 N–H and O–H groups in total.